The maximum absolute atomic E-state index is 12.7. The van der Waals surface area contributed by atoms with Crippen molar-refractivity contribution in [3.8, 4) is 11.5 Å². The quantitative estimate of drug-likeness (QED) is 0.348. The number of aryl methyl sites for hydroxylation is 1. The highest BCUT2D eigenvalue weighted by atomic mass is 16.6. The first-order valence-electron chi connectivity index (χ1n) is 12.6. The Morgan fingerprint density at radius 1 is 1.00 bits per heavy atom. The van der Waals surface area contributed by atoms with Crippen molar-refractivity contribution < 1.29 is 19.1 Å². The van der Waals surface area contributed by atoms with Gasteiger partial charge in [0.05, 0.1) is 0 Å². The van der Waals surface area contributed by atoms with Crippen molar-refractivity contribution in [3.05, 3.63) is 22.8 Å². The summed E-state index contributed by atoms with van der Waals surface area (Å²) in [5.41, 5.74) is 3.48. The molecule has 0 N–H and O–H groups in total. The van der Waals surface area contributed by atoms with E-state index in [2.05, 4.69) is 47.6 Å². The molecule has 2 aliphatic carbocycles. The second-order valence-corrected chi connectivity index (χ2v) is 11.1. The molecule has 0 unspecified atom stereocenters. The number of ether oxygens (including phenoxy) is 2. The average Bonchev–Trinajstić information content (AvgIpc) is 2.73. The van der Waals surface area contributed by atoms with E-state index in [9.17, 15) is 9.59 Å². The van der Waals surface area contributed by atoms with E-state index < -0.39 is 0 Å². The van der Waals surface area contributed by atoms with E-state index >= 15 is 0 Å². The topological polar surface area (TPSA) is 52.6 Å². The molecule has 1 aromatic rings. The second kappa shape index (κ2) is 9.19. The molecule has 0 amide bonds. The largest absolute Gasteiger partial charge is 0.422 e. The highest BCUT2D eigenvalue weighted by molar-refractivity contribution is 5.78. The predicted molar refractivity (Wildman–Crippen MR) is 128 cm³/mol. The molecular formula is C28H42O4. The summed E-state index contributed by atoms with van der Waals surface area (Å²) in [7, 11) is 0. The molecule has 0 heterocycles. The van der Waals surface area contributed by atoms with E-state index in [1.54, 1.807) is 6.92 Å². The monoisotopic (exact) mass is 442 g/mol. The zero-order valence-corrected chi connectivity index (χ0v) is 21.4. The molecular weight excluding hydrogens is 400 g/mol. The molecule has 178 valence electrons. The van der Waals surface area contributed by atoms with Crippen LogP contribution in [0.5, 0.6) is 11.5 Å². The zero-order valence-electron chi connectivity index (χ0n) is 21.4. The van der Waals surface area contributed by atoms with Crippen molar-refractivity contribution in [3.63, 3.8) is 0 Å². The minimum absolute atomic E-state index is 0.0957. The van der Waals surface area contributed by atoms with Crippen LogP contribution in [0.2, 0.25) is 0 Å². The van der Waals surface area contributed by atoms with Gasteiger partial charge in [0, 0.05) is 29.4 Å². The van der Waals surface area contributed by atoms with E-state index in [1.165, 1.54) is 12.0 Å². The van der Waals surface area contributed by atoms with Gasteiger partial charge in [-0.2, -0.15) is 0 Å². The zero-order chi connectivity index (χ0) is 23.8. The standard InChI is InChI=1S/C28H42O4/c1-9-22(29)31-25-20(17(3)4)16-19-12-13-21-27(7,8)14-11-15-28(21,18(5)6)24(19)26(25)32-23(30)10-2/h16-18,21H,9-15H2,1-8H3/t21-,28+/m0/s1. The van der Waals surface area contributed by atoms with Crippen LogP contribution < -0.4 is 9.47 Å². The average molecular weight is 443 g/mol. The van der Waals surface area contributed by atoms with Crippen LogP contribution in [0.1, 0.15) is 117 Å². The van der Waals surface area contributed by atoms with Gasteiger partial charge in [0.1, 0.15) is 0 Å². The van der Waals surface area contributed by atoms with Crippen molar-refractivity contribution in [2.45, 2.75) is 112 Å². The Balaban J connectivity index is 2.39. The highest BCUT2D eigenvalue weighted by Gasteiger charge is 2.56. The molecule has 1 saturated carbocycles. The number of hydrogen-bond donors (Lipinski definition) is 0. The van der Waals surface area contributed by atoms with E-state index in [-0.39, 0.29) is 41.5 Å². The van der Waals surface area contributed by atoms with Crippen LogP contribution in [-0.4, -0.2) is 11.9 Å². The Bertz CT molecular complexity index is 880. The first kappa shape index (κ1) is 24.8. The predicted octanol–water partition coefficient (Wildman–Crippen LogP) is 7.11. The number of carbonyl (C=O) groups is 2. The molecule has 3 rings (SSSR count). The summed E-state index contributed by atoms with van der Waals surface area (Å²) in [6, 6.07) is 2.24. The molecule has 4 nitrogen and oxygen atoms in total. The van der Waals surface area contributed by atoms with Crippen LogP contribution >= 0.6 is 0 Å². The molecule has 0 spiro atoms. The van der Waals surface area contributed by atoms with Crippen molar-refractivity contribution in [1.29, 1.82) is 0 Å². The third kappa shape index (κ3) is 4.10. The third-order valence-corrected chi connectivity index (χ3v) is 8.15. The second-order valence-electron chi connectivity index (χ2n) is 11.1. The molecule has 1 aromatic carbocycles. The molecule has 2 aliphatic rings. The summed E-state index contributed by atoms with van der Waals surface area (Å²) in [5.74, 6) is 1.44. The molecule has 4 heteroatoms. The lowest BCUT2D eigenvalue weighted by Crippen LogP contribution is -2.53. The fourth-order valence-corrected chi connectivity index (χ4v) is 6.54. The van der Waals surface area contributed by atoms with E-state index in [1.807, 2.05) is 6.92 Å². The van der Waals surface area contributed by atoms with Crippen molar-refractivity contribution >= 4 is 11.9 Å². The van der Waals surface area contributed by atoms with Gasteiger partial charge in [0.2, 0.25) is 0 Å². The van der Waals surface area contributed by atoms with Gasteiger partial charge in [-0.1, -0.05) is 67.9 Å². The minimum Gasteiger partial charge on any atom is -0.422 e. The van der Waals surface area contributed by atoms with Crippen LogP contribution in [0.4, 0.5) is 0 Å². The van der Waals surface area contributed by atoms with Gasteiger partial charge in [-0.3, -0.25) is 9.59 Å². The van der Waals surface area contributed by atoms with Crippen LogP contribution in [0, 0.1) is 17.3 Å². The molecule has 0 aromatic heterocycles. The van der Waals surface area contributed by atoms with Gasteiger partial charge in [0.25, 0.3) is 0 Å². The summed E-state index contributed by atoms with van der Waals surface area (Å²) in [6.07, 6.45) is 6.11. The first-order valence-corrected chi connectivity index (χ1v) is 12.6. The van der Waals surface area contributed by atoms with Crippen LogP contribution in [0.15, 0.2) is 6.07 Å². The van der Waals surface area contributed by atoms with Crippen molar-refractivity contribution in [2.75, 3.05) is 0 Å². The van der Waals surface area contributed by atoms with Crippen molar-refractivity contribution in [2.24, 2.45) is 17.3 Å². The number of esters is 2. The number of carbonyl (C=O) groups excluding carboxylic acids is 2. The van der Waals surface area contributed by atoms with E-state index in [4.69, 9.17) is 9.47 Å². The Labute approximate surface area is 194 Å². The lowest BCUT2D eigenvalue weighted by molar-refractivity contribution is -0.137. The molecule has 32 heavy (non-hydrogen) atoms. The minimum atomic E-state index is -0.296. The van der Waals surface area contributed by atoms with Gasteiger partial charge in [-0.15, -0.1) is 0 Å². The summed E-state index contributed by atoms with van der Waals surface area (Å²) in [6.45, 7) is 17.2. The maximum atomic E-state index is 12.7. The van der Waals surface area contributed by atoms with Gasteiger partial charge in [0.15, 0.2) is 11.5 Å². The Morgan fingerprint density at radius 3 is 2.12 bits per heavy atom. The van der Waals surface area contributed by atoms with Gasteiger partial charge < -0.3 is 9.47 Å². The smallest absolute Gasteiger partial charge is 0.311 e. The van der Waals surface area contributed by atoms with Gasteiger partial charge in [-0.05, 0) is 54.4 Å². The number of rotatable bonds is 6. The Kier molecular flexibility index (Phi) is 7.12. The number of fused-ring (bicyclic) bond motifs is 3. The van der Waals surface area contributed by atoms with E-state index in [0.717, 1.165) is 36.8 Å². The lowest BCUT2D eigenvalue weighted by Gasteiger charge is -2.58. The molecule has 0 aliphatic heterocycles. The maximum Gasteiger partial charge on any atom is 0.311 e. The lowest BCUT2D eigenvalue weighted by atomic mass is 9.46. The van der Waals surface area contributed by atoms with Gasteiger partial charge >= 0.3 is 11.9 Å². The fourth-order valence-electron chi connectivity index (χ4n) is 6.54. The molecule has 1 fully saturated rings. The molecule has 0 saturated heterocycles. The summed E-state index contributed by atoms with van der Waals surface area (Å²) in [4.78, 5) is 25.1. The Hall–Kier alpha value is -1.84. The molecule has 0 bridgehead atoms. The third-order valence-electron chi connectivity index (χ3n) is 8.15. The van der Waals surface area contributed by atoms with Crippen LogP contribution in [0.3, 0.4) is 0 Å². The number of benzene rings is 1. The van der Waals surface area contributed by atoms with Gasteiger partial charge in [-0.25, -0.2) is 0 Å². The fraction of sp³-hybridized carbons (Fsp3) is 0.714. The summed E-state index contributed by atoms with van der Waals surface area (Å²) in [5, 5.41) is 0. The Morgan fingerprint density at radius 2 is 1.59 bits per heavy atom. The van der Waals surface area contributed by atoms with Crippen LogP contribution in [0.25, 0.3) is 0 Å². The highest BCUT2D eigenvalue weighted by Crippen LogP contribution is 2.63. The molecule has 0 radical (unpaired) electrons. The molecule has 2 atom stereocenters. The van der Waals surface area contributed by atoms with E-state index in [0.29, 0.717) is 23.3 Å². The number of hydrogen-bond acceptors (Lipinski definition) is 4. The van der Waals surface area contributed by atoms with Crippen LogP contribution in [-0.2, 0) is 21.4 Å². The summed E-state index contributed by atoms with van der Waals surface area (Å²) >= 11 is 0. The van der Waals surface area contributed by atoms with Crippen molar-refractivity contribution in [1.82, 2.24) is 0 Å². The summed E-state index contributed by atoms with van der Waals surface area (Å²) < 4.78 is 12.0. The first-order chi connectivity index (χ1) is 15.0. The SMILES string of the molecule is CCC(=O)Oc1c(C(C)C)cc2c(c1OC(=O)CC)[C@@]1(C(C)C)CCCC(C)(C)[C@@H]1CC2. The normalized spacial score (nSPS) is 24.1.